The van der Waals surface area contributed by atoms with Crippen LogP contribution in [0.25, 0.3) is 132 Å². The lowest BCUT2D eigenvalue weighted by Gasteiger charge is -2.45. The molecule has 3 aromatic heterocycles. The molecule has 464 valence electrons. The topological polar surface area (TPSA) is 15.8 Å². The average Bonchev–Trinajstić information content (AvgIpc) is 1.57. The van der Waals surface area contributed by atoms with E-state index < -0.39 is 78.6 Å². The molecule has 0 saturated heterocycles. The summed E-state index contributed by atoms with van der Waals surface area (Å²) in [4.78, 5) is 4.70. The quantitative estimate of drug-likeness (QED) is 0.148. The minimum Gasteiger partial charge on any atom is -0.311 e. The smallest absolute Gasteiger partial charge is 0.252 e. The lowest BCUT2D eigenvalue weighted by molar-refractivity contribution is 0.591. The monoisotopic (exact) mass is 1270 g/mol. The largest absolute Gasteiger partial charge is 0.311 e. The van der Waals surface area contributed by atoms with Crippen LogP contribution in [0.3, 0.4) is 0 Å². The van der Waals surface area contributed by atoms with Gasteiger partial charge in [-0.15, -0.1) is 0 Å². The first-order valence-corrected chi connectivity index (χ1v) is 33.5. The summed E-state index contributed by atoms with van der Waals surface area (Å²) >= 11 is 0. The molecule has 99 heavy (non-hydrogen) atoms. The highest BCUT2D eigenvalue weighted by Gasteiger charge is 2.46. The van der Waals surface area contributed by atoms with Gasteiger partial charge in [0.2, 0.25) is 0 Å². The molecule has 0 bridgehead atoms. The Bertz CT molecular complexity index is 7060. The second kappa shape index (κ2) is 22.1. The first-order chi connectivity index (χ1) is 54.2. The van der Waals surface area contributed by atoms with Gasteiger partial charge in [-0.1, -0.05) is 293 Å². The number of aromatic nitrogens is 2. The van der Waals surface area contributed by atoms with Gasteiger partial charge >= 0.3 is 0 Å². The lowest BCUT2D eigenvalue weighted by atomic mass is 9.33. The number of para-hydroxylation sites is 4. The van der Waals surface area contributed by atoms with E-state index >= 15 is 0 Å². The third-order valence-electron chi connectivity index (χ3n) is 20.5. The number of hydrogen-bond donors (Lipinski definition) is 0. The van der Waals surface area contributed by atoms with Crippen molar-refractivity contribution in [3.05, 3.63) is 345 Å². The van der Waals surface area contributed by atoms with Gasteiger partial charge in [0, 0.05) is 71.9 Å². The molecule has 2 aliphatic heterocycles. The molecule has 0 unspecified atom stereocenters. The van der Waals surface area contributed by atoms with E-state index in [0.717, 1.165) is 138 Å². The normalized spacial score (nSPS) is 14.6. The van der Waals surface area contributed by atoms with Gasteiger partial charge in [0.25, 0.3) is 6.71 Å². The third kappa shape index (κ3) is 8.67. The maximum Gasteiger partial charge on any atom is 0.252 e. The second-order valence-electron chi connectivity index (χ2n) is 26.9. The Balaban J connectivity index is 1.06. The van der Waals surface area contributed by atoms with Crippen LogP contribution in [0.1, 0.15) is 44.2 Å². The summed E-state index contributed by atoms with van der Waals surface area (Å²) in [5, 5.41) is 7.84. The van der Waals surface area contributed by atoms with E-state index in [9.17, 15) is 11.0 Å². The zero-order chi connectivity index (χ0) is 76.9. The number of rotatable bonds is 7. The minimum atomic E-state index is -0.721. The summed E-state index contributed by atoms with van der Waals surface area (Å²) < 4.78 is 126. The Morgan fingerprint density at radius 1 is 0.313 bits per heavy atom. The Labute approximate surface area is 593 Å². The van der Waals surface area contributed by atoms with E-state index in [2.05, 4.69) is 235 Å². The minimum absolute atomic E-state index is 0.0282. The van der Waals surface area contributed by atoms with Crippen LogP contribution >= 0.6 is 0 Å². The van der Waals surface area contributed by atoms with Crippen molar-refractivity contribution in [1.29, 1.82) is 0 Å². The Kier molecular flexibility index (Phi) is 10.0. The van der Waals surface area contributed by atoms with Crippen LogP contribution in [0.15, 0.2) is 339 Å². The highest BCUT2D eigenvalue weighted by Crippen LogP contribution is 2.56. The van der Waals surface area contributed by atoms with Crippen LogP contribution in [0.2, 0.25) is 0 Å². The molecule has 0 amide bonds. The summed E-state index contributed by atoms with van der Waals surface area (Å²) in [6, 6.07) is 84.7. The van der Waals surface area contributed by atoms with Crippen molar-refractivity contribution in [3.63, 3.8) is 0 Å². The van der Waals surface area contributed by atoms with Crippen LogP contribution < -0.4 is 26.2 Å². The lowest BCUT2D eigenvalue weighted by Crippen LogP contribution is -2.61. The summed E-state index contributed by atoms with van der Waals surface area (Å²) in [5.41, 5.74) is 16.5. The average molecular weight is 1270 g/mol. The van der Waals surface area contributed by atoms with Gasteiger partial charge in [-0.25, -0.2) is 0 Å². The van der Waals surface area contributed by atoms with E-state index in [0.29, 0.717) is 22.6 Å². The number of fused-ring (bicyclic) bond motifs is 18. The fraction of sp³-hybridized carbons (Fsp3) is 0.0426. The molecular formula is C94H65BN4. The zero-order valence-corrected chi connectivity index (χ0v) is 54.2. The first kappa shape index (κ1) is 45.1. The standard InChI is InChI=1S/C94H65BN4/c1-94(2,3)66-56-78(63-31-12-6-13-32-63)92(79(57-66)64-33-14-7-15-34-64)99-86-58-68(97-82-44-23-21-40-74(82)75-41-22-24-45-83(75)97)52-54-81(86)95-80-53-49-65(61-29-10-5-11-30-61)55-85(80)96(67-50-47-62(48-51-67)60-27-8-4-9-28-60)88-59-87-89(93(99)90(88)95)77-43-26-42-76-72-38-19-17-36-70(72)69-35-16-18-37-71(69)73-39-20-25-46-84(73)98(87)91(76)77/h4-59H,1-3H3/i5D,10D,11D,21D,22D,23D,24D,29D,30D,40D,41D,44D,45D. The molecule has 0 fully saturated rings. The third-order valence-corrected chi connectivity index (χ3v) is 20.5. The summed E-state index contributed by atoms with van der Waals surface area (Å²) in [6.07, 6.45) is 0. The molecule has 2 aliphatic rings. The fourth-order valence-electron chi connectivity index (χ4n) is 16.2. The molecular weight excluding hydrogens is 1200 g/mol. The van der Waals surface area contributed by atoms with Gasteiger partial charge in [0.15, 0.2) is 0 Å². The SMILES string of the molecule is [2H]c1c([2H])c([2H])c(-c2ccc3c(c2)N(c2ccc(-c4ccccc4)cc2)c2cc4c(c5c2B3c2ccc(-n3c6c([2H])c([2H])c([2H])c([2H])c6c6c([2H])c([2H])c([2H])c([2H])c63)cc2N5c2c(-c3ccccc3)cc(C(C)(C)C)cc2-c2ccccc2)c2cccc3c5ccccc5c5ccccc5c5ccccc5n4c32)c([2H])c1[2H]. The van der Waals surface area contributed by atoms with Crippen molar-refractivity contribution in [3.8, 4) is 50.2 Å². The van der Waals surface area contributed by atoms with Crippen LogP contribution in [-0.2, 0) is 5.41 Å². The number of benzene rings is 15. The highest BCUT2D eigenvalue weighted by molar-refractivity contribution is 7.00. The van der Waals surface area contributed by atoms with Gasteiger partial charge in [-0.05, 0) is 149 Å². The van der Waals surface area contributed by atoms with Crippen molar-refractivity contribution in [1.82, 2.24) is 8.97 Å². The van der Waals surface area contributed by atoms with Crippen molar-refractivity contribution < 1.29 is 17.8 Å². The van der Waals surface area contributed by atoms with Crippen molar-refractivity contribution in [2.24, 2.45) is 0 Å². The molecule has 0 radical (unpaired) electrons. The molecule has 5 heterocycles. The van der Waals surface area contributed by atoms with Gasteiger partial charge in [-0.2, -0.15) is 0 Å². The van der Waals surface area contributed by atoms with Crippen LogP contribution in [-0.4, -0.2) is 15.7 Å². The number of anilines is 6. The van der Waals surface area contributed by atoms with Gasteiger partial charge in [0.05, 0.1) is 56.8 Å². The van der Waals surface area contributed by atoms with Crippen molar-refractivity contribution >= 4 is 139 Å². The molecule has 0 spiro atoms. The molecule has 15 aromatic carbocycles. The molecule has 5 heteroatoms. The van der Waals surface area contributed by atoms with Gasteiger partial charge in [0.1, 0.15) is 0 Å². The number of nitrogens with zero attached hydrogens (tertiary/aromatic N) is 4. The predicted octanol–water partition coefficient (Wildman–Crippen LogP) is 23.4. The van der Waals surface area contributed by atoms with Crippen LogP contribution in [0.5, 0.6) is 0 Å². The van der Waals surface area contributed by atoms with E-state index in [1.54, 1.807) is 4.57 Å². The predicted molar refractivity (Wildman–Crippen MR) is 423 cm³/mol. The van der Waals surface area contributed by atoms with Gasteiger partial charge in [-0.3, -0.25) is 0 Å². The van der Waals surface area contributed by atoms with E-state index in [1.165, 1.54) is 0 Å². The van der Waals surface area contributed by atoms with Crippen molar-refractivity contribution in [2.75, 3.05) is 9.80 Å². The molecule has 18 aromatic rings. The zero-order valence-electron chi connectivity index (χ0n) is 67.2. The molecule has 0 aliphatic carbocycles. The van der Waals surface area contributed by atoms with E-state index in [1.807, 2.05) is 60.7 Å². The summed E-state index contributed by atoms with van der Waals surface area (Å²) in [7, 11) is 0. The van der Waals surface area contributed by atoms with E-state index in [-0.39, 0.29) is 39.5 Å². The molecule has 0 N–H and O–H groups in total. The maximum atomic E-state index is 9.93. The number of hydrogen-bond acceptors (Lipinski definition) is 2. The maximum absolute atomic E-state index is 9.93. The molecule has 0 atom stereocenters. The second-order valence-corrected chi connectivity index (χ2v) is 26.9. The summed E-state index contributed by atoms with van der Waals surface area (Å²) in [6.45, 7) is 5.95. The fourth-order valence-corrected chi connectivity index (χ4v) is 16.2. The van der Waals surface area contributed by atoms with Crippen molar-refractivity contribution in [2.45, 2.75) is 26.2 Å². The van der Waals surface area contributed by atoms with Gasteiger partial charge < -0.3 is 18.8 Å². The Hall–Kier alpha value is -12.4. The molecule has 0 saturated carbocycles. The van der Waals surface area contributed by atoms with Crippen LogP contribution in [0.4, 0.5) is 34.1 Å². The Morgan fingerprint density at radius 2 is 0.798 bits per heavy atom. The molecule has 4 nitrogen and oxygen atoms in total. The Morgan fingerprint density at radius 3 is 1.42 bits per heavy atom. The summed E-state index contributed by atoms with van der Waals surface area (Å²) in [5.74, 6) is 0. The van der Waals surface area contributed by atoms with E-state index in [4.69, 9.17) is 6.85 Å². The van der Waals surface area contributed by atoms with Crippen LogP contribution in [0, 0.1) is 0 Å². The first-order valence-electron chi connectivity index (χ1n) is 40.0. The highest BCUT2D eigenvalue weighted by atomic mass is 15.2. The molecule has 20 rings (SSSR count).